The van der Waals surface area contributed by atoms with E-state index in [1.165, 1.54) is 0 Å². The van der Waals surface area contributed by atoms with Gasteiger partial charge >= 0.3 is 0 Å². The zero-order chi connectivity index (χ0) is 15.6. The molecule has 0 spiro atoms. The summed E-state index contributed by atoms with van der Waals surface area (Å²) in [7, 11) is 0. The minimum atomic E-state index is -0.626. The molecule has 1 heterocycles. The van der Waals surface area contributed by atoms with Crippen LogP contribution in [0.2, 0.25) is 0 Å². The normalized spacial score (nSPS) is 19.0. The molecule has 1 aliphatic heterocycles. The van der Waals surface area contributed by atoms with Gasteiger partial charge < -0.3 is 16.0 Å². The van der Waals surface area contributed by atoms with Crippen molar-refractivity contribution in [2.75, 3.05) is 18.0 Å². The molecular weight excluding hydrogens is 334 g/mol. The second-order valence-corrected chi connectivity index (χ2v) is 6.84. The lowest BCUT2D eigenvalue weighted by molar-refractivity contribution is -0.132. The monoisotopic (exact) mass is 353 g/mol. The van der Waals surface area contributed by atoms with Gasteiger partial charge in [-0.05, 0) is 48.3 Å². The molecule has 1 aliphatic rings. The SMILES string of the molecule is CC(C)(N)CNC(=O)C1CCN(c2ccccc2Br)C1=O. The minimum Gasteiger partial charge on any atom is -0.354 e. The van der Waals surface area contributed by atoms with E-state index < -0.39 is 11.5 Å². The second kappa shape index (κ2) is 6.15. The lowest BCUT2D eigenvalue weighted by atomic mass is 10.0. The maximum atomic E-state index is 12.4. The van der Waals surface area contributed by atoms with Crippen LogP contribution >= 0.6 is 15.9 Å². The van der Waals surface area contributed by atoms with E-state index in [0.29, 0.717) is 19.5 Å². The van der Waals surface area contributed by atoms with Crippen molar-refractivity contribution >= 4 is 33.4 Å². The van der Waals surface area contributed by atoms with Crippen LogP contribution < -0.4 is 16.0 Å². The number of nitrogens with zero attached hydrogens (tertiary/aromatic N) is 1. The van der Waals surface area contributed by atoms with E-state index in [4.69, 9.17) is 5.73 Å². The summed E-state index contributed by atoms with van der Waals surface area (Å²) in [6, 6.07) is 7.51. The highest BCUT2D eigenvalue weighted by Crippen LogP contribution is 2.31. The van der Waals surface area contributed by atoms with Gasteiger partial charge in [0.15, 0.2) is 0 Å². The number of nitrogens with two attached hydrogens (primary N) is 1. The summed E-state index contributed by atoms with van der Waals surface area (Å²) >= 11 is 3.44. The third-order valence-electron chi connectivity index (χ3n) is 3.38. The summed E-state index contributed by atoms with van der Waals surface area (Å²) in [5.41, 5.74) is 6.16. The minimum absolute atomic E-state index is 0.158. The highest BCUT2D eigenvalue weighted by molar-refractivity contribution is 9.10. The van der Waals surface area contributed by atoms with Crippen molar-refractivity contribution in [1.82, 2.24) is 5.32 Å². The predicted molar refractivity (Wildman–Crippen MR) is 85.9 cm³/mol. The largest absolute Gasteiger partial charge is 0.354 e. The van der Waals surface area contributed by atoms with E-state index in [1.54, 1.807) is 4.90 Å². The fourth-order valence-corrected chi connectivity index (χ4v) is 2.77. The third-order valence-corrected chi connectivity index (χ3v) is 4.05. The molecule has 21 heavy (non-hydrogen) atoms. The molecular formula is C15H20BrN3O2. The van der Waals surface area contributed by atoms with E-state index in [0.717, 1.165) is 10.2 Å². The molecule has 3 N–H and O–H groups in total. The first kappa shape index (κ1) is 16.0. The van der Waals surface area contributed by atoms with Gasteiger partial charge in [-0.15, -0.1) is 0 Å². The van der Waals surface area contributed by atoms with Crippen LogP contribution in [0.4, 0.5) is 5.69 Å². The summed E-state index contributed by atoms with van der Waals surface area (Å²) in [5.74, 6) is -1.03. The molecule has 1 atom stereocenters. The lowest BCUT2D eigenvalue weighted by Gasteiger charge is -2.21. The van der Waals surface area contributed by atoms with Crippen LogP contribution in [0.1, 0.15) is 20.3 Å². The summed E-state index contributed by atoms with van der Waals surface area (Å²) in [6.07, 6.45) is 0.525. The van der Waals surface area contributed by atoms with Crippen molar-refractivity contribution < 1.29 is 9.59 Å². The number of benzene rings is 1. The molecule has 1 saturated heterocycles. The zero-order valence-corrected chi connectivity index (χ0v) is 13.8. The first-order valence-corrected chi connectivity index (χ1v) is 7.71. The van der Waals surface area contributed by atoms with E-state index in [2.05, 4.69) is 21.2 Å². The third kappa shape index (κ3) is 3.83. The van der Waals surface area contributed by atoms with Crippen LogP contribution in [0.3, 0.4) is 0 Å². The maximum Gasteiger partial charge on any atom is 0.239 e. The van der Waals surface area contributed by atoms with E-state index in [1.807, 2.05) is 38.1 Å². The lowest BCUT2D eigenvalue weighted by Crippen LogP contribution is -2.47. The van der Waals surface area contributed by atoms with Crippen LogP contribution in [0.5, 0.6) is 0 Å². The van der Waals surface area contributed by atoms with Crippen LogP contribution in [-0.2, 0) is 9.59 Å². The highest BCUT2D eigenvalue weighted by Gasteiger charge is 2.38. The Bertz CT molecular complexity index is 554. The molecule has 6 heteroatoms. The molecule has 0 radical (unpaired) electrons. The van der Waals surface area contributed by atoms with Crippen molar-refractivity contribution in [1.29, 1.82) is 0 Å². The number of rotatable bonds is 4. The Morgan fingerprint density at radius 1 is 1.48 bits per heavy atom. The van der Waals surface area contributed by atoms with Gasteiger partial charge in [-0.3, -0.25) is 9.59 Å². The van der Waals surface area contributed by atoms with Gasteiger partial charge in [0.25, 0.3) is 0 Å². The topological polar surface area (TPSA) is 75.4 Å². The summed E-state index contributed by atoms with van der Waals surface area (Å²) < 4.78 is 0.850. The highest BCUT2D eigenvalue weighted by atomic mass is 79.9. The average Bonchev–Trinajstić information content (AvgIpc) is 2.78. The van der Waals surface area contributed by atoms with Gasteiger partial charge in [-0.2, -0.15) is 0 Å². The number of hydrogen-bond donors (Lipinski definition) is 2. The Kier molecular flexibility index (Phi) is 4.68. The number of carbonyl (C=O) groups excluding carboxylic acids is 2. The van der Waals surface area contributed by atoms with Gasteiger partial charge in [0.1, 0.15) is 5.92 Å². The Labute approximate surface area is 133 Å². The predicted octanol–water partition coefficient (Wildman–Crippen LogP) is 1.66. The molecule has 1 unspecified atom stereocenters. The zero-order valence-electron chi connectivity index (χ0n) is 12.2. The van der Waals surface area contributed by atoms with Crippen LogP contribution in [0.25, 0.3) is 0 Å². The molecule has 0 bridgehead atoms. The van der Waals surface area contributed by atoms with Gasteiger partial charge in [-0.1, -0.05) is 12.1 Å². The smallest absolute Gasteiger partial charge is 0.239 e. The average molecular weight is 354 g/mol. The molecule has 1 aromatic carbocycles. The summed E-state index contributed by atoms with van der Waals surface area (Å²) in [6.45, 7) is 4.56. The van der Waals surface area contributed by atoms with Gasteiger partial charge in [-0.25, -0.2) is 0 Å². The molecule has 0 saturated carbocycles. The number of nitrogens with one attached hydrogen (secondary N) is 1. The quantitative estimate of drug-likeness (QED) is 0.808. The maximum absolute atomic E-state index is 12.4. The van der Waals surface area contributed by atoms with Crippen LogP contribution in [0, 0.1) is 5.92 Å². The number of carbonyl (C=O) groups is 2. The fourth-order valence-electron chi connectivity index (χ4n) is 2.27. The van der Waals surface area contributed by atoms with Gasteiger partial charge in [0.2, 0.25) is 11.8 Å². The van der Waals surface area contributed by atoms with Gasteiger partial charge in [0.05, 0.1) is 5.69 Å². The van der Waals surface area contributed by atoms with E-state index in [9.17, 15) is 9.59 Å². The van der Waals surface area contributed by atoms with Crippen LogP contribution in [0.15, 0.2) is 28.7 Å². The first-order chi connectivity index (χ1) is 9.79. The van der Waals surface area contributed by atoms with Gasteiger partial charge in [0, 0.05) is 23.1 Å². The fraction of sp³-hybridized carbons (Fsp3) is 0.467. The summed E-state index contributed by atoms with van der Waals surface area (Å²) in [4.78, 5) is 26.2. The first-order valence-electron chi connectivity index (χ1n) is 6.92. The molecule has 2 rings (SSSR count). The van der Waals surface area contributed by atoms with Crippen molar-refractivity contribution in [3.05, 3.63) is 28.7 Å². The second-order valence-electron chi connectivity index (χ2n) is 5.99. The number of hydrogen-bond acceptors (Lipinski definition) is 3. The van der Waals surface area contributed by atoms with Crippen molar-refractivity contribution in [2.24, 2.45) is 11.7 Å². The summed E-state index contributed by atoms with van der Waals surface area (Å²) in [5, 5.41) is 2.76. The Morgan fingerprint density at radius 3 is 2.76 bits per heavy atom. The molecule has 114 valence electrons. The molecule has 0 aliphatic carbocycles. The number of para-hydroxylation sites is 1. The molecule has 1 aromatic rings. The van der Waals surface area contributed by atoms with E-state index >= 15 is 0 Å². The van der Waals surface area contributed by atoms with Crippen molar-refractivity contribution in [3.8, 4) is 0 Å². The molecule has 1 fully saturated rings. The van der Waals surface area contributed by atoms with Crippen LogP contribution in [-0.4, -0.2) is 30.4 Å². The number of anilines is 1. The van der Waals surface area contributed by atoms with Crippen molar-refractivity contribution in [3.63, 3.8) is 0 Å². The number of halogens is 1. The molecule has 0 aromatic heterocycles. The Balaban J connectivity index is 2.05. The van der Waals surface area contributed by atoms with E-state index in [-0.39, 0.29) is 11.8 Å². The standard InChI is InChI=1S/C15H20BrN3O2/c1-15(2,17)9-18-13(20)10-7-8-19(14(10)21)12-6-4-3-5-11(12)16/h3-6,10H,7-9,17H2,1-2H3,(H,18,20). The molecule has 5 nitrogen and oxygen atoms in total. The molecule has 2 amide bonds. The Hall–Kier alpha value is -1.40. The van der Waals surface area contributed by atoms with Crippen molar-refractivity contribution in [2.45, 2.75) is 25.8 Å². The number of amides is 2. The Morgan fingerprint density at radius 2 is 2.14 bits per heavy atom.